The second-order valence-electron chi connectivity index (χ2n) is 2.56. The molecule has 13 heavy (non-hydrogen) atoms. The van der Waals surface area contributed by atoms with Crippen molar-refractivity contribution in [2.24, 2.45) is 0 Å². The first kappa shape index (κ1) is 9.14. The molecule has 0 unspecified atom stereocenters. The van der Waals surface area contributed by atoms with Crippen LogP contribution in [0.25, 0.3) is 0 Å². The van der Waals surface area contributed by atoms with Gasteiger partial charge < -0.3 is 5.32 Å². The van der Waals surface area contributed by atoms with E-state index in [1.807, 2.05) is 6.07 Å². The summed E-state index contributed by atoms with van der Waals surface area (Å²) in [6.07, 6.45) is 0. The van der Waals surface area contributed by atoms with Crippen LogP contribution in [0.2, 0.25) is 0 Å². The van der Waals surface area contributed by atoms with Gasteiger partial charge in [-0.25, -0.2) is 0 Å². The second-order valence-corrected chi connectivity index (χ2v) is 4.58. The third-order valence-corrected chi connectivity index (χ3v) is 3.34. The molecular weight excluding hydrogens is 349 g/mol. The topological polar surface area (TPSA) is 46.2 Å². The highest BCUT2D eigenvalue weighted by Crippen LogP contribution is 2.33. The van der Waals surface area contributed by atoms with Crippen LogP contribution in [-0.4, -0.2) is 11.7 Å². The molecule has 1 heterocycles. The molecule has 0 fully saturated rings. The van der Waals surface area contributed by atoms with Crippen LogP contribution in [0.15, 0.2) is 16.6 Å². The van der Waals surface area contributed by atoms with Crippen LogP contribution in [0.4, 0.5) is 5.69 Å². The molecule has 1 N–H and O–H groups in total. The number of Topliss-reactive ketones (excluding diaryl/α,β-unsaturated/α-hetero) is 1. The Morgan fingerprint density at radius 1 is 1.31 bits per heavy atom. The minimum Gasteiger partial charge on any atom is -0.317 e. The monoisotopic (exact) mass is 351 g/mol. The zero-order valence-electron chi connectivity index (χ0n) is 6.23. The van der Waals surface area contributed by atoms with Crippen molar-refractivity contribution >= 4 is 55.9 Å². The number of benzene rings is 1. The van der Waals surface area contributed by atoms with E-state index in [1.54, 1.807) is 6.07 Å². The van der Waals surface area contributed by atoms with Crippen LogP contribution in [0, 0.1) is 3.57 Å². The summed E-state index contributed by atoms with van der Waals surface area (Å²) in [5.41, 5.74) is 1.06. The lowest BCUT2D eigenvalue weighted by Crippen LogP contribution is -2.12. The van der Waals surface area contributed by atoms with Gasteiger partial charge in [0.2, 0.25) is 0 Å². The van der Waals surface area contributed by atoms with Gasteiger partial charge in [0.15, 0.2) is 0 Å². The lowest BCUT2D eigenvalue weighted by Gasteiger charge is -2.01. The molecule has 0 saturated carbocycles. The zero-order chi connectivity index (χ0) is 9.59. The average molecular weight is 352 g/mol. The zero-order valence-corrected chi connectivity index (χ0v) is 9.97. The number of rotatable bonds is 0. The number of ketones is 1. The van der Waals surface area contributed by atoms with E-state index in [9.17, 15) is 9.59 Å². The van der Waals surface area contributed by atoms with E-state index in [0.29, 0.717) is 15.7 Å². The highest BCUT2D eigenvalue weighted by molar-refractivity contribution is 14.1. The van der Waals surface area contributed by atoms with E-state index in [-0.39, 0.29) is 0 Å². The summed E-state index contributed by atoms with van der Waals surface area (Å²) in [6.45, 7) is 0. The first-order valence-electron chi connectivity index (χ1n) is 3.45. The lowest BCUT2D eigenvalue weighted by atomic mass is 10.1. The van der Waals surface area contributed by atoms with Gasteiger partial charge in [-0.2, -0.15) is 0 Å². The third-order valence-electron chi connectivity index (χ3n) is 1.78. The summed E-state index contributed by atoms with van der Waals surface area (Å²) < 4.78 is 1.53. The molecule has 5 heteroatoms. The Balaban J connectivity index is 2.75. The van der Waals surface area contributed by atoms with Gasteiger partial charge >= 0.3 is 0 Å². The van der Waals surface area contributed by atoms with Crippen LogP contribution in [-0.2, 0) is 4.79 Å². The number of amides is 1. The minimum absolute atomic E-state index is 0.442. The smallest absolute Gasteiger partial charge is 0.296 e. The number of carbonyl (C=O) groups excluding carboxylic acids is 2. The molecule has 1 aromatic rings. The number of anilines is 1. The molecule has 0 bridgehead atoms. The predicted molar refractivity (Wildman–Crippen MR) is 59.8 cm³/mol. The fourth-order valence-electron chi connectivity index (χ4n) is 1.18. The molecule has 1 aliphatic rings. The highest BCUT2D eigenvalue weighted by Gasteiger charge is 2.31. The van der Waals surface area contributed by atoms with Crippen molar-refractivity contribution in [3.63, 3.8) is 0 Å². The van der Waals surface area contributed by atoms with Gasteiger partial charge in [0, 0.05) is 8.04 Å². The van der Waals surface area contributed by atoms with E-state index in [4.69, 9.17) is 0 Å². The van der Waals surface area contributed by atoms with Crippen molar-refractivity contribution in [2.45, 2.75) is 0 Å². The van der Waals surface area contributed by atoms with Crippen molar-refractivity contribution in [2.75, 3.05) is 5.32 Å². The Hall–Kier alpha value is -0.430. The summed E-state index contributed by atoms with van der Waals surface area (Å²) in [6, 6.07) is 3.60. The molecule has 1 aliphatic heterocycles. The number of fused-ring (bicyclic) bond motifs is 1. The molecule has 0 saturated heterocycles. The van der Waals surface area contributed by atoms with Gasteiger partial charge in [-0.3, -0.25) is 9.59 Å². The van der Waals surface area contributed by atoms with Crippen LogP contribution < -0.4 is 5.32 Å². The molecule has 3 nitrogen and oxygen atoms in total. The summed E-state index contributed by atoms with van der Waals surface area (Å²) in [4.78, 5) is 22.4. The predicted octanol–water partition coefficient (Wildman–Crippen LogP) is 2.19. The molecule has 1 aromatic carbocycles. The molecule has 2 rings (SSSR count). The van der Waals surface area contributed by atoms with Crippen molar-refractivity contribution in [3.8, 4) is 0 Å². The summed E-state index contributed by atoms with van der Waals surface area (Å²) in [5, 5.41) is 2.53. The minimum atomic E-state index is -0.556. The first-order valence-corrected chi connectivity index (χ1v) is 5.32. The van der Waals surface area contributed by atoms with Crippen molar-refractivity contribution in [1.29, 1.82) is 0 Å². The number of nitrogens with one attached hydrogen (secondary N) is 1. The van der Waals surface area contributed by atoms with Crippen molar-refractivity contribution in [1.82, 2.24) is 0 Å². The maximum atomic E-state index is 11.3. The van der Waals surface area contributed by atoms with Crippen LogP contribution in [0.5, 0.6) is 0 Å². The van der Waals surface area contributed by atoms with E-state index in [0.717, 1.165) is 3.57 Å². The molecule has 0 atom stereocenters. The summed E-state index contributed by atoms with van der Waals surface area (Å²) >= 11 is 5.31. The molecule has 66 valence electrons. The van der Waals surface area contributed by atoms with Gasteiger partial charge in [-0.05, 0) is 50.7 Å². The Kier molecular flexibility index (Phi) is 2.15. The Morgan fingerprint density at radius 2 is 2.00 bits per heavy atom. The average Bonchev–Trinajstić information content (AvgIpc) is 2.38. The lowest BCUT2D eigenvalue weighted by molar-refractivity contribution is -0.112. The Bertz CT molecular complexity index is 430. The second kappa shape index (κ2) is 3.06. The third kappa shape index (κ3) is 1.30. The standard InChI is InChI=1S/C8H3BrINO2/c9-3-1-2-4(10)6-5(3)7(12)8(13)11-6/h1-2H,(H,11,12,13). The van der Waals surface area contributed by atoms with Gasteiger partial charge in [0.1, 0.15) is 0 Å². The highest BCUT2D eigenvalue weighted by atomic mass is 127. The Morgan fingerprint density at radius 3 is 2.62 bits per heavy atom. The van der Waals surface area contributed by atoms with E-state index in [2.05, 4.69) is 43.8 Å². The fraction of sp³-hybridized carbons (Fsp3) is 0. The summed E-state index contributed by atoms with van der Waals surface area (Å²) in [7, 11) is 0. The largest absolute Gasteiger partial charge is 0.317 e. The van der Waals surface area contributed by atoms with Gasteiger partial charge in [-0.1, -0.05) is 0 Å². The molecular formula is C8H3BrINO2. The number of halogens is 2. The van der Waals surface area contributed by atoms with Gasteiger partial charge in [0.05, 0.1) is 11.3 Å². The SMILES string of the molecule is O=C1Nc2c(I)ccc(Br)c2C1=O. The molecule has 0 spiro atoms. The summed E-state index contributed by atoms with van der Waals surface area (Å²) in [5.74, 6) is -1.03. The number of hydrogen-bond acceptors (Lipinski definition) is 2. The quantitative estimate of drug-likeness (QED) is 0.575. The normalized spacial score (nSPS) is 14.3. The molecule has 0 radical (unpaired) electrons. The molecule has 0 aliphatic carbocycles. The molecule has 0 aromatic heterocycles. The van der Waals surface area contributed by atoms with Gasteiger partial charge in [-0.15, -0.1) is 0 Å². The van der Waals surface area contributed by atoms with Crippen LogP contribution >= 0.6 is 38.5 Å². The van der Waals surface area contributed by atoms with E-state index in [1.165, 1.54) is 0 Å². The van der Waals surface area contributed by atoms with Crippen molar-refractivity contribution < 1.29 is 9.59 Å². The number of carbonyl (C=O) groups is 2. The number of hydrogen-bond donors (Lipinski definition) is 1. The first-order chi connectivity index (χ1) is 6.11. The van der Waals surface area contributed by atoms with E-state index >= 15 is 0 Å². The Labute approximate surface area is 96.2 Å². The fourth-order valence-corrected chi connectivity index (χ4v) is 2.27. The van der Waals surface area contributed by atoms with Gasteiger partial charge in [0.25, 0.3) is 11.7 Å². The van der Waals surface area contributed by atoms with Crippen molar-refractivity contribution in [3.05, 3.63) is 25.7 Å². The van der Waals surface area contributed by atoms with Crippen LogP contribution in [0.1, 0.15) is 10.4 Å². The van der Waals surface area contributed by atoms with E-state index < -0.39 is 11.7 Å². The van der Waals surface area contributed by atoms with Crippen LogP contribution in [0.3, 0.4) is 0 Å². The molecule has 1 amide bonds. The maximum Gasteiger partial charge on any atom is 0.296 e. The maximum absolute atomic E-state index is 11.3.